The molecule has 25 heavy (non-hydrogen) atoms. The van der Waals surface area contributed by atoms with Gasteiger partial charge < -0.3 is 14.9 Å². The summed E-state index contributed by atoms with van der Waals surface area (Å²) in [7, 11) is 0. The first-order valence-corrected chi connectivity index (χ1v) is 7.75. The van der Waals surface area contributed by atoms with Crippen molar-refractivity contribution in [1.82, 2.24) is 0 Å². The van der Waals surface area contributed by atoms with Crippen LogP contribution in [0.4, 0.5) is 0 Å². The lowest BCUT2D eigenvalue weighted by molar-refractivity contribution is 0.0499. The van der Waals surface area contributed by atoms with Gasteiger partial charge in [-0.2, -0.15) is 0 Å². The van der Waals surface area contributed by atoms with Crippen molar-refractivity contribution in [3.05, 3.63) is 71.3 Å². The molecule has 132 valence electrons. The van der Waals surface area contributed by atoms with E-state index in [2.05, 4.69) is 6.92 Å². The predicted molar refractivity (Wildman–Crippen MR) is 92.0 cm³/mol. The summed E-state index contributed by atoms with van der Waals surface area (Å²) in [6.45, 7) is 2.58. The first-order valence-electron chi connectivity index (χ1n) is 7.75. The fraction of sp³-hybridized carbons (Fsp3) is 0.211. The van der Waals surface area contributed by atoms with Gasteiger partial charge >= 0.3 is 17.9 Å². The lowest BCUT2D eigenvalue weighted by Gasteiger charge is -2.02. The highest BCUT2D eigenvalue weighted by atomic mass is 16.5. The molecule has 0 aliphatic heterocycles. The van der Waals surface area contributed by atoms with E-state index in [1.54, 1.807) is 12.1 Å². The predicted octanol–water partition coefficient (Wildman–Crippen LogP) is 3.73. The summed E-state index contributed by atoms with van der Waals surface area (Å²) >= 11 is 0. The third-order valence-corrected chi connectivity index (χ3v) is 3.13. The molecule has 0 amide bonds. The van der Waals surface area contributed by atoms with Gasteiger partial charge in [-0.3, -0.25) is 0 Å². The number of carbonyl (C=O) groups excluding carboxylic acids is 1. The Morgan fingerprint density at radius 1 is 0.840 bits per heavy atom. The highest BCUT2D eigenvalue weighted by molar-refractivity contribution is 6.01. The van der Waals surface area contributed by atoms with Crippen LogP contribution in [0.3, 0.4) is 0 Å². The van der Waals surface area contributed by atoms with E-state index in [1.807, 2.05) is 18.2 Å². The molecular formula is C19H20O6. The molecule has 2 N–H and O–H groups in total. The third-order valence-electron chi connectivity index (χ3n) is 3.13. The minimum atomic E-state index is -1.23. The summed E-state index contributed by atoms with van der Waals surface area (Å²) in [5, 5.41) is 17.1. The molecule has 2 rings (SSSR count). The molecule has 2 aromatic carbocycles. The summed E-state index contributed by atoms with van der Waals surface area (Å²) in [5.41, 5.74) is 0.244. The fourth-order valence-electron chi connectivity index (χ4n) is 1.82. The van der Waals surface area contributed by atoms with E-state index >= 15 is 0 Å². The Hall–Kier alpha value is -3.15. The number of unbranched alkanes of at least 4 members (excludes halogenated alkanes) is 1. The number of hydrogen-bond acceptors (Lipinski definition) is 4. The second-order valence-corrected chi connectivity index (χ2v) is 5.01. The number of carboxylic acid groups (broad SMARTS) is 2. The number of aromatic carboxylic acids is 2. The van der Waals surface area contributed by atoms with E-state index in [1.165, 1.54) is 24.3 Å². The number of ether oxygens (including phenoxy) is 1. The van der Waals surface area contributed by atoms with Gasteiger partial charge in [0.1, 0.15) is 0 Å². The molecule has 2 aromatic rings. The Kier molecular flexibility index (Phi) is 8.43. The van der Waals surface area contributed by atoms with Crippen molar-refractivity contribution < 1.29 is 29.3 Å². The van der Waals surface area contributed by atoms with Crippen LogP contribution in [0.2, 0.25) is 0 Å². The molecule has 6 nitrogen and oxygen atoms in total. The zero-order valence-corrected chi connectivity index (χ0v) is 13.8. The second kappa shape index (κ2) is 10.6. The SMILES string of the molecule is CCCCOC(=O)c1ccccc1.O=C(O)c1ccccc1C(=O)O. The smallest absolute Gasteiger partial charge is 0.338 e. The Morgan fingerprint density at radius 2 is 1.32 bits per heavy atom. The van der Waals surface area contributed by atoms with E-state index in [-0.39, 0.29) is 17.1 Å². The standard InChI is InChI=1S/C11H14O2.C8H6O4/c1-2-3-9-13-11(12)10-7-5-4-6-8-10;9-7(10)5-3-1-2-4-6(5)8(11)12/h4-8H,2-3,9H2,1H3;1-4H,(H,9,10)(H,11,12). The van der Waals surface area contributed by atoms with Crippen molar-refractivity contribution in [2.75, 3.05) is 6.61 Å². The zero-order chi connectivity index (χ0) is 18.7. The Labute approximate surface area is 145 Å². The lowest BCUT2D eigenvalue weighted by Crippen LogP contribution is -2.06. The number of hydrogen-bond donors (Lipinski definition) is 2. The summed E-state index contributed by atoms with van der Waals surface area (Å²) in [4.78, 5) is 32.2. The molecule has 0 bridgehead atoms. The van der Waals surface area contributed by atoms with Crippen molar-refractivity contribution in [2.45, 2.75) is 19.8 Å². The molecule has 0 unspecified atom stereocenters. The average Bonchev–Trinajstić information content (AvgIpc) is 2.63. The van der Waals surface area contributed by atoms with Gasteiger partial charge in [-0.25, -0.2) is 14.4 Å². The monoisotopic (exact) mass is 344 g/mol. The van der Waals surface area contributed by atoms with Crippen LogP contribution in [0.1, 0.15) is 50.8 Å². The Morgan fingerprint density at radius 3 is 1.76 bits per heavy atom. The first-order chi connectivity index (χ1) is 12.0. The maximum absolute atomic E-state index is 11.3. The van der Waals surface area contributed by atoms with E-state index in [4.69, 9.17) is 14.9 Å². The van der Waals surface area contributed by atoms with Gasteiger partial charge in [-0.1, -0.05) is 43.7 Å². The maximum Gasteiger partial charge on any atom is 0.338 e. The van der Waals surface area contributed by atoms with Crippen LogP contribution >= 0.6 is 0 Å². The van der Waals surface area contributed by atoms with E-state index < -0.39 is 11.9 Å². The number of carbonyl (C=O) groups is 3. The molecule has 0 spiro atoms. The highest BCUT2D eigenvalue weighted by Gasteiger charge is 2.13. The van der Waals surface area contributed by atoms with Crippen molar-refractivity contribution in [3.63, 3.8) is 0 Å². The Bertz CT molecular complexity index is 676. The summed E-state index contributed by atoms with van der Waals surface area (Å²) in [6.07, 6.45) is 1.97. The van der Waals surface area contributed by atoms with Crippen molar-refractivity contribution >= 4 is 17.9 Å². The molecule has 0 saturated carbocycles. The van der Waals surface area contributed by atoms with Crippen molar-refractivity contribution in [2.24, 2.45) is 0 Å². The third kappa shape index (κ3) is 6.87. The number of carboxylic acids is 2. The summed E-state index contributed by atoms with van der Waals surface area (Å²) in [5.74, 6) is -2.69. The molecule has 6 heteroatoms. The van der Waals surface area contributed by atoms with Crippen molar-refractivity contribution in [3.8, 4) is 0 Å². The molecule has 0 fully saturated rings. The number of rotatable bonds is 6. The quantitative estimate of drug-likeness (QED) is 0.612. The van der Waals surface area contributed by atoms with Crippen LogP contribution in [0.15, 0.2) is 54.6 Å². The minimum absolute atomic E-state index is 0.190. The normalized spacial score (nSPS) is 9.48. The van der Waals surface area contributed by atoms with Gasteiger partial charge in [0.05, 0.1) is 23.3 Å². The van der Waals surface area contributed by atoms with E-state index in [9.17, 15) is 14.4 Å². The van der Waals surface area contributed by atoms with Gasteiger partial charge in [-0.05, 0) is 30.7 Å². The maximum atomic E-state index is 11.3. The van der Waals surface area contributed by atoms with Gasteiger partial charge in [0.25, 0.3) is 0 Å². The second-order valence-electron chi connectivity index (χ2n) is 5.01. The van der Waals surface area contributed by atoms with Gasteiger partial charge in [0.15, 0.2) is 0 Å². The highest BCUT2D eigenvalue weighted by Crippen LogP contribution is 2.07. The van der Waals surface area contributed by atoms with Crippen LogP contribution in [-0.4, -0.2) is 34.7 Å². The van der Waals surface area contributed by atoms with Crippen LogP contribution in [0, 0.1) is 0 Å². The summed E-state index contributed by atoms with van der Waals surface area (Å²) in [6, 6.07) is 14.5. The van der Waals surface area contributed by atoms with Gasteiger partial charge in [0.2, 0.25) is 0 Å². The van der Waals surface area contributed by atoms with Crippen LogP contribution in [-0.2, 0) is 4.74 Å². The molecule has 0 aliphatic carbocycles. The zero-order valence-electron chi connectivity index (χ0n) is 13.8. The fourth-order valence-corrected chi connectivity index (χ4v) is 1.82. The lowest BCUT2D eigenvalue weighted by atomic mass is 10.1. The molecule has 0 aliphatic rings. The molecule has 0 saturated heterocycles. The first kappa shape index (κ1) is 19.9. The largest absolute Gasteiger partial charge is 0.478 e. The molecule has 0 aromatic heterocycles. The summed E-state index contributed by atoms with van der Waals surface area (Å²) < 4.78 is 5.03. The van der Waals surface area contributed by atoms with E-state index in [0.29, 0.717) is 12.2 Å². The van der Waals surface area contributed by atoms with E-state index in [0.717, 1.165) is 12.8 Å². The van der Waals surface area contributed by atoms with Crippen LogP contribution < -0.4 is 0 Å². The number of esters is 1. The van der Waals surface area contributed by atoms with Crippen LogP contribution in [0.5, 0.6) is 0 Å². The van der Waals surface area contributed by atoms with Crippen molar-refractivity contribution in [1.29, 1.82) is 0 Å². The van der Waals surface area contributed by atoms with Crippen LogP contribution in [0.25, 0.3) is 0 Å². The Balaban J connectivity index is 0.000000251. The van der Waals surface area contributed by atoms with Gasteiger partial charge in [-0.15, -0.1) is 0 Å². The van der Waals surface area contributed by atoms with Gasteiger partial charge in [0, 0.05) is 0 Å². The molecular weight excluding hydrogens is 324 g/mol. The molecule has 0 radical (unpaired) electrons. The molecule has 0 atom stereocenters. The average molecular weight is 344 g/mol. The minimum Gasteiger partial charge on any atom is -0.478 e. The molecule has 0 heterocycles. The number of benzene rings is 2. The topological polar surface area (TPSA) is 101 Å².